The summed E-state index contributed by atoms with van der Waals surface area (Å²) in [5, 5.41) is 0. The highest BCUT2D eigenvalue weighted by Crippen LogP contribution is 2.26. The second-order valence-corrected chi connectivity index (χ2v) is 4.79. The molecule has 2 heterocycles. The van der Waals surface area contributed by atoms with Gasteiger partial charge in [-0.15, -0.1) is 0 Å². The van der Waals surface area contributed by atoms with Gasteiger partial charge in [0.05, 0.1) is 18.9 Å². The zero-order valence-corrected chi connectivity index (χ0v) is 11.1. The van der Waals surface area contributed by atoms with Crippen LogP contribution in [-0.4, -0.2) is 16.6 Å². The maximum atomic E-state index is 13.5. The lowest BCUT2D eigenvalue weighted by Crippen LogP contribution is -2.19. The van der Waals surface area contributed by atoms with Gasteiger partial charge < -0.3 is 10.2 Å². The van der Waals surface area contributed by atoms with Gasteiger partial charge in [-0.1, -0.05) is 0 Å². The lowest BCUT2D eigenvalue weighted by atomic mass is 10.1. The Kier molecular flexibility index (Phi) is 3.33. The quantitative estimate of drug-likeness (QED) is 0.647. The SMILES string of the molecule is Cc1cc(F)cc(-c2nc3c(c(NN)n2)COCC3)c1. The summed E-state index contributed by atoms with van der Waals surface area (Å²) in [6, 6.07) is 4.75. The maximum absolute atomic E-state index is 13.5. The normalized spacial score (nSPS) is 13.9. The Balaban J connectivity index is 2.14. The predicted octanol–water partition coefficient (Wildman–Crippen LogP) is 1.95. The number of ether oxygens (including phenoxy) is 1. The standard InChI is InChI=1S/C14H15FN4O/c1-8-4-9(6-10(15)5-8)13-17-12-2-3-20-7-11(12)14(18-13)19-16/h4-6H,2-3,7,16H2,1H3,(H,17,18,19). The lowest BCUT2D eigenvalue weighted by molar-refractivity contribution is 0.109. The van der Waals surface area contributed by atoms with Gasteiger partial charge in [0.25, 0.3) is 0 Å². The number of hydrogen-bond acceptors (Lipinski definition) is 5. The summed E-state index contributed by atoms with van der Waals surface area (Å²) >= 11 is 0. The predicted molar refractivity (Wildman–Crippen MR) is 73.3 cm³/mol. The van der Waals surface area contributed by atoms with Crippen LogP contribution in [0, 0.1) is 12.7 Å². The minimum absolute atomic E-state index is 0.299. The molecule has 0 radical (unpaired) electrons. The van der Waals surface area contributed by atoms with Crippen molar-refractivity contribution in [1.82, 2.24) is 9.97 Å². The molecular weight excluding hydrogens is 259 g/mol. The number of nitrogens with one attached hydrogen (secondary N) is 1. The number of nitrogens with two attached hydrogens (primary N) is 1. The average molecular weight is 274 g/mol. The molecule has 0 unspecified atom stereocenters. The fraction of sp³-hybridized carbons (Fsp3) is 0.286. The first-order valence-corrected chi connectivity index (χ1v) is 6.39. The Bertz CT molecular complexity index is 622. The van der Waals surface area contributed by atoms with E-state index in [-0.39, 0.29) is 5.82 Å². The second-order valence-electron chi connectivity index (χ2n) is 4.79. The summed E-state index contributed by atoms with van der Waals surface area (Å²) in [6.07, 6.45) is 0.702. The monoisotopic (exact) mass is 274 g/mol. The van der Waals surface area contributed by atoms with Crippen LogP contribution in [0.4, 0.5) is 10.2 Å². The number of aryl methyl sites for hydroxylation is 1. The summed E-state index contributed by atoms with van der Waals surface area (Å²) in [6.45, 7) is 2.90. The molecule has 1 aliphatic rings. The van der Waals surface area contributed by atoms with E-state index >= 15 is 0 Å². The van der Waals surface area contributed by atoms with Gasteiger partial charge in [-0.05, 0) is 30.7 Å². The molecule has 3 rings (SSSR count). The van der Waals surface area contributed by atoms with Crippen molar-refractivity contribution in [3.05, 3.63) is 40.8 Å². The van der Waals surface area contributed by atoms with E-state index in [4.69, 9.17) is 10.6 Å². The number of nitrogens with zero attached hydrogens (tertiary/aromatic N) is 2. The Labute approximate surface area is 116 Å². The van der Waals surface area contributed by atoms with E-state index in [0.717, 1.165) is 16.8 Å². The lowest BCUT2D eigenvalue weighted by Gasteiger charge is -2.19. The first-order valence-electron chi connectivity index (χ1n) is 6.39. The maximum Gasteiger partial charge on any atom is 0.161 e. The molecule has 1 aromatic heterocycles. The molecule has 1 aromatic carbocycles. The molecule has 5 nitrogen and oxygen atoms in total. The first kappa shape index (κ1) is 13.0. The van der Waals surface area contributed by atoms with Crippen molar-refractivity contribution in [2.24, 2.45) is 5.84 Å². The van der Waals surface area contributed by atoms with Crippen LogP contribution in [-0.2, 0) is 17.8 Å². The van der Waals surface area contributed by atoms with Crippen LogP contribution in [0.1, 0.15) is 16.8 Å². The van der Waals surface area contributed by atoms with Gasteiger partial charge in [-0.2, -0.15) is 0 Å². The van der Waals surface area contributed by atoms with E-state index in [1.165, 1.54) is 12.1 Å². The van der Waals surface area contributed by atoms with Crippen LogP contribution >= 0.6 is 0 Å². The topological polar surface area (TPSA) is 73.1 Å². The molecule has 1 aliphatic heterocycles. The highest BCUT2D eigenvalue weighted by molar-refractivity contribution is 5.60. The molecular formula is C14H15FN4O. The zero-order chi connectivity index (χ0) is 14.1. The second kappa shape index (κ2) is 5.15. The van der Waals surface area contributed by atoms with Gasteiger partial charge in [-0.3, -0.25) is 0 Å². The van der Waals surface area contributed by atoms with Crippen LogP contribution in [0.25, 0.3) is 11.4 Å². The van der Waals surface area contributed by atoms with Gasteiger partial charge in [0, 0.05) is 17.5 Å². The van der Waals surface area contributed by atoms with Crippen molar-refractivity contribution in [1.29, 1.82) is 0 Å². The Morgan fingerprint density at radius 2 is 2.15 bits per heavy atom. The molecule has 0 amide bonds. The number of halogens is 1. The van der Waals surface area contributed by atoms with Crippen LogP contribution in [0.2, 0.25) is 0 Å². The highest BCUT2D eigenvalue weighted by atomic mass is 19.1. The van der Waals surface area contributed by atoms with E-state index in [9.17, 15) is 4.39 Å². The van der Waals surface area contributed by atoms with Gasteiger partial charge in [0.2, 0.25) is 0 Å². The number of anilines is 1. The summed E-state index contributed by atoms with van der Waals surface area (Å²) in [5.41, 5.74) is 5.81. The van der Waals surface area contributed by atoms with Crippen LogP contribution < -0.4 is 11.3 Å². The number of hydrazine groups is 1. The first-order chi connectivity index (χ1) is 9.67. The molecule has 20 heavy (non-hydrogen) atoms. The van der Waals surface area contributed by atoms with Crippen LogP contribution in [0.5, 0.6) is 0 Å². The largest absolute Gasteiger partial charge is 0.376 e. The molecule has 3 N–H and O–H groups in total. The minimum atomic E-state index is -0.299. The fourth-order valence-electron chi connectivity index (χ4n) is 2.35. The summed E-state index contributed by atoms with van der Waals surface area (Å²) < 4.78 is 18.9. The third-order valence-electron chi connectivity index (χ3n) is 3.26. The van der Waals surface area contributed by atoms with E-state index in [1.807, 2.05) is 13.0 Å². The van der Waals surface area contributed by atoms with E-state index < -0.39 is 0 Å². The van der Waals surface area contributed by atoms with E-state index in [0.29, 0.717) is 36.8 Å². The zero-order valence-electron chi connectivity index (χ0n) is 11.1. The smallest absolute Gasteiger partial charge is 0.161 e. The molecule has 0 saturated carbocycles. The Morgan fingerprint density at radius 3 is 2.90 bits per heavy atom. The number of hydrogen-bond donors (Lipinski definition) is 2. The third kappa shape index (κ3) is 2.35. The van der Waals surface area contributed by atoms with E-state index in [1.54, 1.807) is 0 Å². The fourth-order valence-corrected chi connectivity index (χ4v) is 2.35. The van der Waals surface area contributed by atoms with Crippen molar-refractivity contribution in [2.45, 2.75) is 20.0 Å². The number of nitrogen functional groups attached to an aromatic ring is 1. The van der Waals surface area contributed by atoms with Crippen molar-refractivity contribution in [2.75, 3.05) is 12.0 Å². The summed E-state index contributed by atoms with van der Waals surface area (Å²) in [5.74, 6) is 6.22. The van der Waals surface area contributed by atoms with Crippen molar-refractivity contribution >= 4 is 5.82 Å². The number of benzene rings is 1. The van der Waals surface area contributed by atoms with Gasteiger partial charge >= 0.3 is 0 Å². The molecule has 0 spiro atoms. The van der Waals surface area contributed by atoms with Crippen molar-refractivity contribution in [3.63, 3.8) is 0 Å². The van der Waals surface area contributed by atoms with Crippen molar-refractivity contribution in [3.8, 4) is 11.4 Å². The van der Waals surface area contributed by atoms with Gasteiger partial charge in [-0.25, -0.2) is 20.2 Å². The average Bonchev–Trinajstić information content (AvgIpc) is 2.45. The molecule has 6 heteroatoms. The Morgan fingerprint density at radius 1 is 1.30 bits per heavy atom. The van der Waals surface area contributed by atoms with Gasteiger partial charge in [0.1, 0.15) is 11.6 Å². The van der Waals surface area contributed by atoms with Crippen LogP contribution in [0.15, 0.2) is 18.2 Å². The summed E-state index contributed by atoms with van der Waals surface area (Å²) in [7, 11) is 0. The number of aromatic nitrogens is 2. The summed E-state index contributed by atoms with van der Waals surface area (Å²) in [4.78, 5) is 8.88. The molecule has 0 fully saturated rings. The molecule has 0 aliphatic carbocycles. The molecule has 104 valence electrons. The number of rotatable bonds is 2. The molecule has 0 atom stereocenters. The number of fused-ring (bicyclic) bond motifs is 1. The Hall–Kier alpha value is -2.05. The minimum Gasteiger partial charge on any atom is -0.376 e. The van der Waals surface area contributed by atoms with Crippen LogP contribution in [0.3, 0.4) is 0 Å². The van der Waals surface area contributed by atoms with Crippen molar-refractivity contribution < 1.29 is 9.13 Å². The van der Waals surface area contributed by atoms with Gasteiger partial charge in [0.15, 0.2) is 5.82 Å². The molecule has 0 saturated heterocycles. The van der Waals surface area contributed by atoms with E-state index in [2.05, 4.69) is 15.4 Å². The highest BCUT2D eigenvalue weighted by Gasteiger charge is 2.18. The molecule has 2 aromatic rings. The third-order valence-corrected chi connectivity index (χ3v) is 3.26. The molecule has 0 bridgehead atoms.